The van der Waals surface area contributed by atoms with Crippen LogP contribution in [0.5, 0.6) is 0 Å². The topological polar surface area (TPSA) is 49.9 Å². The van der Waals surface area contributed by atoms with Crippen LogP contribution in [0.25, 0.3) is 0 Å². The molecule has 2 nitrogen and oxygen atoms in total. The van der Waals surface area contributed by atoms with E-state index in [0.29, 0.717) is 5.57 Å². The minimum Gasteiger partial charge on any atom is -0.389 e. The van der Waals surface area contributed by atoms with Gasteiger partial charge in [-0.2, -0.15) is 0 Å². The van der Waals surface area contributed by atoms with Gasteiger partial charge in [-0.3, -0.25) is 5.41 Å². The largest absolute Gasteiger partial charge is 0.389 e. The number of allylic oxidation sites excluding steroid dienone is 1. The summed E-state index contributed by atoms with van der Waals surface area (Å²) in [6.45, 7) is 1.58. The van der Waals surface area contributed by atoms with E-state index in [0.717, 1.165) is 0 Å². The Morgan fingerprint density at radius 1 is 1.50 bits per heavy atom. The highest BCUT2D eigenvalue weighted by atomic mass is 35.5. The molecule has 0 amide bonds. The molecule has 8 heavy (non-hydrogen) atoms. The van der Waals surface area contributed by atoms with Gasteiger partial charge in [-0.05, 0) is 6.92 Å². The van der Waals surface area contributed by atoms with Gasteiger partial charge in [-0.15, -0.1) is 0 Å². The highest BCUT2D eigenvalue weighted by Gasteiger charge is 1.96. The molecular formula is C4H6Cl2N2. The van der Waals surface area contributed by atoms with E-state index in [4.69, 9.17) is 34.3 Å². The normalized spacial score (nSPS) is 12.9. The van der Waals surface area contributed by atoms with E-state index in [1.165, 1.54) is 0 Å². The van der Waals surface area contributed by atoms with Gasteiger partial charge in [0.25, 0.3) is 0 Å². The van der Waals surface area contributed by atoms with Crippen molar-refractivity contribution in [2.75, 3.05) is 0 Å². The quantitative estimate of drug-likeness (QED) is 0.436. The van der Waals surface area contributed by atoms with E-state index in [2.05, 4.69) is 0 Å². The van der Waals surface area contributed by atoms with E-state index >= 15 is 0 Å². The first-order valence-electron chi connectivity index (χ1n) is 1.92. The molecule has 0 heterocycles. The Kier molecular flexibility index (Phi) is 2.87. The summed E-state index contributed by atoms with van der Waals surface area (Å²) in [6, 6.07) is 0. The van der Waals surface area contributed by atoms with Crippen molar-refractivity contribution in [3.63, 3.8) is 0 Å². The van der Waals surface area contributed by atoms with E-state index in [-0.39, 0.29) is 10.3 Å². The first kappa shape index (κ1) is 7.79. The summed E-state index contributed by atoms with van der Waals surface area (Å²) >= 11 is 10.4. The minimum atomic E-state index is -0.113. The van der Waals surface area contributed by atoms with Crippen molar-refractivity contribution in [1.82, 2.24) is 0 Å². The van der Waals surface area contributed by atoms with Crippen molar-refractivity contribution < 1.29 is 0 Å². The molecule has 0 aromatic carbocycles. The number of rotatable bonds is 1. The molecular weight excluding hydrogens is 147 g/mol. The van der Waals surface area contributed by atoms with Crippen LogP contribution in [-0.2, 0) is 0 Å². The summed E-state index contributed by atoms with van der Waals surface area (Å²) < 4.78 is 0. The molecule has 0 saturated heterocycles. The van der Waals surface area contributed by atoms with Crippen LogP contribution in [0, 0.1) is 5.41 Å². The second kappa shape index (κ2) is 2.95. The van der Waals surface area contributed by atoms with Crippen LogP contribution in [0.4, 0.5) is 0 Å². The molecule has 0 rings (SSSR count). The van der Waals surface area contributed by atoms with Crippen LogP contribution in [0.2, 0.25) is 0 Å². The molecule has 0 radical (unpaired) electrons. The minimum absolute atomic E-state index is 0.0741. The Morgan fingerprint density at radius 2 is 1.88 bits per heavy atom. The zero-order valence-corrected chi connectivity index (χ0v) is 5.85. The van der Waals surface area contributed by atoms with Gasteiger partial charge in [0.05, 0.1) is 0 Å². The maximum Gasteiger partial charge on any atom is 0.126 e. The molecule has 0 fully saturated rings. The maximum atomic E-state index is 6.77. The van der Waals surface area contributed by atoms with Crippen LogP contribution < -0.4 is 5.73 Å². The van der Waals surface area contributed by atoms with Crippen molar-refractivity contribution in [3.05, 3.63) is 10.7 Å². The molecule has 0 spiro atoms. The molecule has 0 aliphatic heterocycles. The van der Waals surface area contributed by atoms with Crippen molar-refractivity contribution in [2.45, 2.75) is 6.92 Å². The zero-order chi connectivity index (χ0) is 6.73. The fraction of sp³-hybridized carbons (Fsp3) is 0.250. The summed E-state index contributed by atoms with van der Waals surface area (Å²) in [5.41, 5.74) is 5.47. The molecule has 0 unspecified atom stereocenters. The summed E-state index contributed by atoms with van der Waals surface area (Å²) in [4.78, 5) is 0. The van der Waals surface area contributed by atoms with Gasteiger partial charge in [0.15, 0.2) is 0 Å². The van der Waals surface area contributed by atoms with E-state index in [9.17, 15) is 0 Å². The van der Waals surface area contributed by atoms with Crippen LogP contribution in [0.15, 0.2) is 10.7 Å². The predicted molar refractivity (Wildman–Crippen MR) is 36.3 cm³/mol. The standard InChI is InChI=1S/C4H6Cl2N2/c1-2(3(5)7)4(6)8/h7H,8H2,1H3/b4-2-,7-3?. The number of hydrogen-bond donors (Lipinski definition) is 2. The first-order valence-corrected chi connectivity index (χ1v) is 2.67. The number of hydrogen-bond acceptors (Lipinski definition) is 2. The third-order valence-corrected chi connectivity index (χ3v) is 1.25. The van der Waals surface area contributed by atoms with Crippen LogP contribution >= 0.6 is 23.2 Å². The maximum absolute atomic E-state index is 6.77. The first-order chi connectivity index (χ1) is 3.55. The lowest BCUT2D eigenvalue weighted by Gasteiger charge is -1.93. The summed E-state index contributed by atoms with van der Waals surface area (Å²) in [5.74, 6) is 0. The third-order valence-electron chi connectivity index (χ3n) is 0.687. The summed E-state index contributed by atoms with van der Waals surface area (Å²) in [7, 11) is 0. The molecule has 0 aliphatic carbocycles. The van der Waals surface area contributed by atoms with Gasteiger partial charge in [-0.25, -0.2) is 0 Å². The lowest BCUT2D eigenvalue weighted by atomic mass is 10.4. The van der Waals surface area contributed by atoms with Gasteiger partial charge in [0.2, 0.25) is 0 Å². The smallest absolute Gasteiger partial charge is 0.126 e. The third kappa shape index (κ3) is 2.19. The molecule has 46 valence electrons. The highest BCUT2D eigenvalue weighted by molar-refractivity contribution is 6.69. The summed E-state index contributed by atoms with van der Waals surface area (Å²) in [5, 5.41) is 6.73. The average Bonchev–Trinajstić information content (AvgIpc) is 1.64. The predicted octanol–water partition coefficient (Wildman–Crippen LogP) is 1.63. The molecule has 4 heteroatoms. The molecule has 0 atom stereocenters. The lowest BCUT2D eigenvalue weighted by molar-refractivity contribution is 1.40. The Hall–Kier alpha value is -0.210. The fourth-order valence-corrected chi connectivity index (χ4v) is 0.349. The Labute approximate surface area is 57.8 Å². The molecule has 0 aromatic heterocycles. The van der Waals surface area contributed by atoms with Gasteiger partial charge in [0, 0.05) is 5.57 Å². The average molecular weight is 153 g/mol. The van der Waals surface area contributed by atoms with E-state index in [1.54, 1.807) is 6.92 Å². The van der Waals surface area contributed by atoms with Gasteiger partial charge in [0.1, 0.15) is 10.3 Å². The van der Waals surface area contributed by atoms with Crippen LogP contribution in [0.1, 0.15) is 6.92 Å². The zero-order valence-electron chi connectivity index (χ0n) is 4.33. The van der Waals surface area contributed by atoms with E-state index in [1.807, 2.05) is 0 Å². The van der Waals surface area contributed by atoms with Crippen molar-refractivity contribution in [1.29, 1.82) is 5.41 Å². The van der Waals surface area contributed by atoms with Crippen molar-refractivity contribution >= 4 is 28.4 Å². The Balaban J connectivity index is 4.23. The SMILES string of the molecule is C/C(C(=N)Cl)=C(/N)Cl. The Morgan fingerprint density at radius 3 is 1.88 bits per heavy atom. The van der Waals surface area contributed by atoms with Gasteiger partial charge < -0.3 is 5.73 Å². The van der Waals surface area contributed by atoms with Crippen LogP contribution in [0.3, 0.4) is 0 Å². The number of nitrogens with one attached hydrogen (secondary N) is 1. The van der Waals surface area contributed by atoms with E-state index < -0.39 is 0 Å². The molecule has 0 aromatic rings. The van der Waals surface area contributed by atoms with Gasteiger partial charge in [-0.1, -0.05) is 23.2 Å². The monoisotopic (exact) mass is 152 g/mol. The number of nitrogens with two attached hydrogens (primary N) is 1. The highest BCUT2D eigenvalue weighted by Crippen LogP contribution is 2.05. The van der Waals surface area contributed by atoms with Gasteiger partial charge >= 0.3 is 0 Å². The second-order valence-electron chi connectivity index (χ2n) is 1.29. The molecule has 0 saturated carbocycles. The van der Waals surface area contributed by atoms with Crippen LogP contribution in [-0.4, -0.2) is 5.17 Å². The van der Waals surface area contributed by atoms with Crippen molar-refractivity contribution in [2.24, 2.45) is 5.73 Å². The Bertz CT molecular complexity index is 135. The molecule has 0 aliphatic rings. The second-order valence-corrected chi connectivity index (χ2v) is 2.07. The van der Waals surface area contributed by atoms with Crippen molar-refractivity contribution in [3.8, 4) is 0 Å². The summed E-state index contributed by atoms with van der Waals surface area (Å²) in [6.07, 6.45) is 0. The number of halogens is 2. The molecule has 3 N–H and O–H groups in total. The fourth-order valence-electron chi connectivity index (χ4n) is 0.105. The lowest BCUT2D eigenvalue weighted by Crippen LogP contribution is -1.97. The molecule has 0 bridgehead atoms.